The summed E-state index contributed by atoms with van der Waals surface area (Å²) >= 11 is 0. The van der Waals surface area contributed by atoms with Gasteiger partial charge in [0.15, 0.2) is 0 Å². The van der Waals surface area contributed by atoms with Crippen LogP contribution in [0.25, 0.3) is 0 Å². The minimum Gasteiger partial charge on any atom is -0.497 e. The Balaban J connectivity index is 1.31. The van der Waals surface area contributed by atoms with Crippen LogP contribution in [0.4, 0.5) is 15.3 Å². The maximum Gasteiger partial charge on any atom is 0.410 e. The zero-order valence-electron chi connectivity index (χ0n) is 17.3. The molecule has 3 amide bonds. The molecule has 0 aromatic heterocycles. The largest absolute Gasteiger partial charge is 0.497 e. The van der Waals surface area contributed by atoms with E-state index in [4.69, 9.17) is 9.47 Å². The lowest BCUT2D eigenvalue weighted by molar-refractivity contribution is 0.117. The molecular weight excluding hydrogens is 382 g/mol. The number of ether oxygens (including phenoxy) is 2. The van der Waals surface area contributed by atoms with Crippen molar-refractivity contribution >= 4 is 17.8 Å². The Labute approximate surface area is 176 Å². The summed E-state index contributed by atoms with van der Waals surface area (Å²) in [6.45, 7) is 3.70. The minimum absolute atomic E-state index is 0.0954. The van der Waals surface area contributed by atoms with Crippen LogP contribution in [-0.2, 0) is 4.74 Å². The van der Waals surface area contributed by atoms with Crippen molar-refractivity contribution in [3.05, 3.63) is 59.7 Å². The third-order valence-corrected chi connectivity index (χ3v) is 5.88. The maximum atomic E-state index is 12.7. The third kappa shape index (κ3) is 4.20. The van der Waals surface area contributed by atoms with Gasteiger partial charge in [-0.3, -0.25) is 0 Å². The van der Waals surface area contributed by atoms with Crippen molar-refractivity contribution in [2.24, 2.45) is 0 Å². The molecule has 1 atom stereocenters. The Bertz CT molecular complexity index is 910. The first-order chi connectivity index (χ1) is 14.5. The Morgan fingerprint density at radius 3 is 2.53 bits per heavy atom. The van der Waals surface area contributed by atoms with Crippen molar-refractivity contribution in [3.63, 3.8) is 0 Å². The highest BCUT2D eigenvalue weighted by atomic mass is 16.6. The summed E-state index contributed by atoms with van der Waals surface area (Å²) in [5.41, 5.74) is 2.74. The Morgan fingerprint density at radius 1 is 1.13 bits per heavy atom. The van der Waals surface area contributed by atoms with Crippen molar-refractivity contribution in [3.8, 4) is 5.75 Å². The first-order valence-electron chi connectivity index (χ1n) is 10.3. The Kier molecular flexibility index (Phi) is 5.79. The number of carbonyl (C=O) groups is 2. The van der Waals surface area contributed by atoms with E-state index in [1.807, 2.05) is 60.4 Å². The van der Waals surface area contributed by atoms with Gasteiger partial charge in [0.1, 0.15) is 11.9 Å². The van der Waals surface area contributed by atoms with E-state index in [1.165, 1.54) is 0 Å². The number of cyclic esters (lactones) is 1. The van der Waals surface area contributed by atoms with E-state index in [0.29, 0.717) is 19.6 Å². The molecule has 4 rings (SSSR count). The highest BCUT2D eigenvalue weighted by Gasteiger charge is 2.38. The zero-order chi connectivity index (χ0) is 21.1. The SMILES string of the molecule is COc1ccc(NC(=O)N2CCC(N3CC(c4ccccc4)OC3=O)CC2)c(C)c1. The molecule has 30 heavy (non-hydrogen) atoms. The van der Waals surface area contributed by atoms with Gasteiger partial charge < -0.3 is 24.6 Å². The second kappa shape index (κ2) is 8.65. The number of aryl methyl sites for hydroxylation is 1. The van der Waals surface area contributed by atoms with Gasteiger partial charge in [-0.05, 0) is 49.1 Å². The number of rotatable bonds is 4. The topological polar surface area (TPSA) is 71.1 Å². The molecule has 1 N–H and O–H groups in total. The van der Waals surface area contributed by atoms with E-state index in [9.17, 15) is 9.59 Å². The quantitative estimate of drug-likeness (QED) is 0.822. The van der Waals surface area contributed by atoms with Gasteiger partial charge in [0, 0.05) is 24.8 Å². The summed E-state index contributed by atoms with van der Waals surface area (Å²) in [5.74, 6) is 0.762. The average molecular weight is 409 g/mol. The number of urea groups is 1. The van der Waals surface area contributed by atoms with Crippen LogP contribution in [0.15, 0.2) is 48.5 Å². The fourth-order valence-electron chi connectivity index (χ4n) is 4.10. The smallest absolute Gasteiger partial charge is 0.410 e. The fourth-order valence-corrected chi connectivity index (χ4v) is 4.10. The van der Waals surface area contributed by atoms with Crippen LogP contribution in [0.3, 0.4) is 0 Å². The molecule has 2 aromatic rings. The van der Waals surface area contributed by atoms with Crippen LogP contribution in [0.5, 0.6) is 5.75 Å². The van der Waals surface area contributed by atoms with Gasteiger partial charge in [-0.1, -0.05) is 30.3 Å². The second-order valence-corrected chi connectivity index (χ2v) is 7.76. The average Bonchev–Trinajstić information content (AvgIpc) is 3.17. The summed E-state index contributed by atoms with van der Waals surface area (Å²) in [4.78, 5) is 28.7. The van der Waals surface area contributed by atoms with Crippen molar-refractivity contribution in [2.75, 3.05) is 32.1 Å². The maximum absolute atomic E-state index is 12.7. The molecule has 2 saturated heterocycles. The molecule has 2 heterocycles. The number of nitrogens with one attached hydrogen (secondary N) is 1. The number of hydrogen-bond donors (Lipinski definition) is 1. The summed E-state index contributed by atoms with van der Waals surface area (Å²) in [5, 5.41) is 2.98. The standard InChI is InChI=1S/C23H27N3O4/c1-16-14-19(29-2)8-9-20(16)24-22(27)25-12-10-18(11-13-25)26-15-21(30-23(26)28)17-6-4-3-5-7-17/h3-9,14,18,21H,10-13,15H2,1-2H3,(H,24,27). The number of nitrogens with zero attached hydrogens (tertiary/aromatic N) is 2. The molecule has 0 radical (unpaired) electrons. The molecule has 7 heteroatoms. The highest BCUT2D eigenvalue weighted by Crippen LogP contribution is 2.30. The molecule has 0 spiro atoms. The summed E-state index contributed by atoms with van der Waals surface area (Å²) in [6.07, 6.45) is 0.996. The van der Waals surface area contributed by atoms with Crippen LogP contribution in [0.2, 0.25) is 0 Å². The second-order valence-electron chi connectivity index (χ2n) is 7.76. The van der Waals surface area contributed by atoms with Gasteiger partial charge >= 0.3 is 12.1 Å². The first-order valence-corrected chi connectivity index (χ1v) is 10.3. The minimum atomic E-state index is -0.263. The van der Waals surface area contributed by atoms with Crippen LogP contribution >= 0.6 is 0 Å². The van der Waals surface area contributed by atoms with Crippen molar-refractivity contribution in [1.82, 2.24) is 9.80 Å². The van der Waals surface area contributed by atoms with E-state index in [-0.39, 0.29) is 24.3 Å². The number of methoxy groups -OCH3 is 1. The molecule has 2 aliphatic heterocycles. The predicted octanol–water partition coefficient (Wildman–Crippen LogP) is 4.19. The number of anilines is 1. The molecule has 2 aromatic carbocycles. The highest BCUT2D eigenvalue weighted by molar-refractivity contribution is 5.90. The van der Waals surface area contributed by atoms with Gasteiger partial charge in [0.05, 0.1) is 13.7 Å². The van der Waals surface area contributed by atoms with Gasteiger partial charge in [0.25, 0.3) is 0 Å². The predicted molar refractivity (Wildman–Crippen MR) is 114 cm³/mol. The van der Waals surface area contributed by atoms with Gasteiger partial charge in [-0.2, -0.15) is 0 Å². The summed E-state index contributed by atoms with van der Waals surface area (Å²) in [6, 6.07) is 15.4. The van der Waals surface area contributed by atoms with Crippen molar-refractivity contribution in [1.29, 1.82) is 0 Å². The lowest BCUT2D eigenvalue weighted by Gasteiger charge is -2.35. The fraction of sp³-hybridized carbons (Fsp3) is 0.391. The van der Waals surface area contributed by atoms with E-state index < -0.39 is 0 Å². The van der Waals surface area contributed by atoms with Crippen LogP contribution in [0.1, 0.15) is 30.1 Å². The Hall–Kier alpha value is -3.22. The van der Waals surface area contributed by atoms with Gasteiger partial charge in [0.2, 0.25) is 0 Å². The summed E-state index contributed by atoms with van der Waals surface area (Å²) < 4.78 is 10.8. The van der Waals surface area contributed by atoms with Crippen molar-refractivity contribution in [2.45, 2.75) is 31.9 Å². The van der Waals surface area contributed by atoms with E-state index in [1.54, 1.807) is 12.0 Å². The van der Waals surface area contributed by atoms with Gasteiger partial charge in [-0.15, -0.1) is 0 Å². The van der Waals surface area contributed by atoms with E-state index in [0.717, 1.165) is 35.4 Å². The number of piperidine rings is 1. The zero-order valence-corrected chi connectivity index (χ0v) is 17.3. The molecular formula is C23H27N3O4. The molecule has 0 bridgehead atoms. The Morgan fingerprint density at radius 2 is 1.87 bits per heavy atom. The number of benzene rings is 2. The van der Waals surface area contributed by atoms with Crippen LogP contribution in [-0.4, -0.2) is 54.7 Å². The monoisotopic (exact) mass is 409 g/mol. The molecule has 2 fully saturated rings. The van der Waals surface area contributed by atoms with Gasteiger partial charge in [-0.25, -0.2) is 9.59 Å². The lowest BCUT2D eigenvalue weighted by Crippen LogP contribution is -2.48. The lowest BCUT2D eigenvalue weighted by atomic mass is 10.0. The van der Waals surface area contributed by atoms with Crippen molar-refractivity contribution < 1.29 is 19.1 Å². The van der Waals surface area contributed by atoms with E-state index >= 15 is 0 Å². The first kappa shape index (κ1) is 20.1. The molecule has 158 valence electrons. The number of carbonyl (C=O) groups excluding carboxylic acids is 2. The molecule has 1 unspecified atom stereocenters. The summed E-state index contributed by atoms with van der Waals surface area (Å²) in [7, 11) is 1.62. The molecule has 7 nitrogen and oxygen atoms in total. The van der Waals surface area contributed by atoms with E-state index in [2.05, 4.69) is 5.32 Å². The van der Waals surface area contributed by atoms with Crippen LogP contribution in [0, 0.1) is 6.92 Å². The number of hydrogen-bond acceptors (Lipinski definition) is 4. The number of likely N-dealkylation sites (tertiary alicyclic amines) is 1. The third-order valence-electron chi connectivity index (χ3n) is 5.88. The molecule has 2 aliphatic rings. The van der Waals surface area contributed by atoms with Crippen LogP contribution < -0.4 is 10.1 Å². The number of amides is 3. The molecule has 0 saturated carbocycles. The normalized spacial score (nSPS) is 19.5. The molecule has 0 aliphatic carbocycles.